The third-order valence-electron chi connectivity index (χ3n) is 3.55. The third kappa shape index (κ3) is 7.40. The first kappa shape index (κ1) is 20.7. The Morgan fingerprint density at radius 3 is 1.35 bits per heavy atom. The molecule has 0 atom stereocenters. The predicted molar refractivity (Wildman–Crippen MR) is 115 cm³/mol. The molecule has 0 aliphatic carbocycles. The molecule has 0 fully saturated rings. The van der Waals surface area contributed by atoms with Gasteiger partial charge in [-0.15, -0.1) is 0 Å². The van der Waals surface area contributed by atoms with Crippen molar-refractivity contribution in [2.45, 2.75) is 47.6 Å². The summed E-state index contributed by atoms with van der Waals surface area (Å²) in [6.07, 6.45) is 0. The van der Waals surface area contributed by atoms with Crippen LogP contribution in [0.15, 0.2) is 48.5 Å². The van der Waals surface area contributed by atoms with Gasteiger partial charge < -0.3 is 0 Å². The molecule has 2 radical (unpaired) electrons. The molecule has 0 spiro atoms. The predicted octanol–water partition coefficient (Wildman–Crippen LogP) is 5.23. The first-order chi connectivity index (χ1) is 10.6. The van der Waals surface area contributed by atoms with E-state index >= 15 is 0 Å². The Labute approximate surface area is 153 Å². The quantitative estimate of drug-likeness (QED) is 0.566. The molecule has 2 aromatic carbocycles. The molecule has 0 saturated carbocycles. The Hall–Kier alpha value is -0.328. The van der Waals surface area contributed by atoms with E-state index in [1.54, 1.807) is 0 Å². The van der Waals surface area contributed by atoms with Crippen LogP contribution in [0, 0.1) is 0 Å². The van der Waals surface area contributed by atoms with Gasteiger partial charge in [0.2, 0.25) is 0 Å². The summed E-state index contributed by atoms with van der Waals surface area (Å²) in [5.74, 6) is 0. The van der Waals surface area contributed by atoms with Crippen LogP contribution in [0.4, 0.5) is 0 Å². The second-order valence-electron chi connectivity index (χ2n) is 7.90. The van der Waals surface area contributed by atoms with Crippen molar-refractivity contribution in [3.63, 3.8) is 0 Å². The van der Waals surface area contributed by atoms with E-state index in [9.17, 15) is 0 Å². The van der Waals surface area contributed by atoms with Gasteiger partial charge in [0.05, 0.1) is 16.9 Å². The molecule has 2 aromatic rings. The van der Waals surface area contributed by atoms with Gasteiger partial charge in [0.1, 0.15) is 0 Å². The monoisotopic (exact) mass is 448 g/mol. The Morgan fingerprint density at radius 2 is 1.04 bits per heavy atom. The summed E-state index contributed by atoms with van der Waals surface area (Å²) >= 11 is -0.543. The molecule has 0 N–H and O–H groups in total. The maximum atomic E-state index is 2.39. The van der Waals surface area contributed by atoms with E-state index in [0.717, 1.165) is 0 Å². The molecule has 0 aliphatic heterocycles. The number of hydrogen-bond donors (Lipinski definition) is 0. The summed E-state index contributed by atoms with van der Waals surface area (Å²) in [7, 11) is -1.51. The second-order valence-corrected chi connectivity index (χ2v) is 24.1. The summed E-state index contributed by atoms with van der Waals surface area (Å²) in [6.45, 7) is 11.8. The minimum atomic E-state index is -1.18. The van der Waals surface area contributed by atoms with Gasteiger partial charge in [0.25, 0.3) is 0 Å². The number of hydrogen-bond acceptors (Lipinski definition) is 0. The van der Waals surface area contributed by atoms with Crippen molar-refractivity contribution < 1.29 is 0 Å². The molecule has 0 nitrogen and oxygen atoms in total. The molecule has 0 bridgehead atoms. The summed E-state index contributed by atoms with van der Waals surface area (Å²) in [6, 6.07) is 18.3. The average molecular weight is 447 g/mol. The molecule has 0 heterocycles. The molecule has 3 heteroatoms. The van der Waals surface area contributed by atoms with Crippen LogP contribution in [0.5, 0.6) is 0 Å². The van der Waals surface area contributed by atoms with Crippen LogP contribution in [-0.2, 0) is 0 Å². The van der Waals surface area contributed by atoms with Crippen molar-refractivity contribution in [2.75, 3.05) is 0 Å². The van der Waals surface area contributed by atoms with Crippen molar-refractivity contribution in [1.82, 2.24) is 0 Å². The zero-order valence-electron chi connectivity index (χ0n) is 16.1. The molecule has 0 saturated heterocycles. The summed E-state index contributed by atoms with van der Waals surface area (Å²) in [5.41, 5.74) is 2.66. The van der Waals surface area contributed by atoms with E-state index in [4.69, 9.17) is 0 Å². The zero-order chi connectivity index (χ0) is 17.6. The van der Waals surface area contributed by atoms with Crippen LogP contribution >= 0.6 is 0 Å². The SMILES string of the molecule is C[Si](C)c1ccc(-c2ccc([Si](C)(C)C)cc2)cc1.[CH3][Sn]([CH3])[CH3]. The second kappa shape index (κ2) is 9.23. The van der Waals surface area contributed by atoms with Crippen LogP contribution in [0.1, 0.15) is 0 Å². The standard InChI is InChI=1S/C17H23Si2.3CH3.Sn/c1-18(2)16-10-6-14(7-11-16)15-8-12-17(13-9-15)19(3,4)5;;;;/h6-13H,1-5H3;3*1H3;. The van der Waals surface area contributed by atoms with Crippen molar-refractivity contribution >= 4 is 47.0 Å². The van der Waals surface area contributed by atoms with Crippen LogP contribution in [-0.4, -0.2) is 36.6 Å². The van der Waals surface area contributed by atoms with Crippen LogP contribution < -0.4 is 10.4 Å². The van der Waals surface area contributed by atoms with Gasteiger partial charge in [0.15, 0.2) is 0 Å². The van der Waals surface area contributed by atoms with E-state index in [-0.39, 0.29) is 8.80 Å². The molecule has 0 aliphatic rings. The summed E-state index contributed by atoms with van der Waals surface area (Å²) < 4.78 is 0. The van der Waals surface area contributed by atoms with Gasteiger partial charge in [-0.25, -0.2) is 0 Å². The van der Waals surface area contributed by atoms with Crippen LogP contribution in [0.2, 0.25) is 47.6 Å². The van der Waals surface area contributed by atoms with Gasteiger partial charge in [-0.3, -0.25) is 0 Å². The van der Waals surface area contributed by atoms with Crippen molar-refractivity contribution in [3.05, 3.63) is 48.5 Å². The topological polar surface area (TPSA) is 0 Å². The molecular formula is C20H32Si2Sn. The Bertz CT molecular complexity index is 576. The molecule has 0 unspecified atom stereocenters. The normalized spacial score (nSPS) is 11.4. The Kier molecular flexibility index (Phi) is 8.32. The molecule has 23 heavy (non-hydrogen) atoms. The average Bonchev–Trinajstić information content (AvgIpc) is 2.46. The van der Waals surface area contributed by atoms with E-state index in [0.29, 0.717) is 0 Å². The van der Waals surface area contributed by atoms with Gasteiger partial charge in [-0.1, -0.05) is 91.6 Å². The fourth-order valence-corrected chi connectivity index (χ4v) is 4.16. The maximum absolute atomic E-state index is 2.39. The van der Waals surface area contributed by atoms with Crippen molar-refractivity contribution in [3.8, 4) is 11.1 Å². The minimum absolute atomic E-state index is 0.330. The van der Waals surface area contributed by atoms with Crippen molar-refractivity contribution in [2.24, 2.45) is 0 Å². The molecule has 2 rings (SSSR count). The first-order valence-corrected chi connectivity index (χ1v) is 23.0. The van der Waals surface area contributed by atoms with Gasteiger partial charge >= 0.3 is 34.6 Å². The summed E-state index contributed by atoms with van der Waals surface area (Å²) in [4.78, 5) is 7.09. The van der Waals surface area contributed by atoms with Gasteiger partial charge in [-0.05, 0) is 11.1 Å². The van der Waals surface area contributed by atoms with Gasteiger partial charge in [0, 0.05) is 0 Å². The van der Waals surface area contributed by atoms with Crippen LogP contribution in [0.3, 0.4) is 0 Å². The van der Waals surface area contributed by atoms with E-state index in [1.807, 2.05) is 0 Å². The Morgan fingerprint density at radius 1 is 0.696 bits per heavy atom. The molecule has 0 aromatic heterocycles. The zero-order valence-corrected chi connectivity index (χ0v) is 21.0. The van der Waals surface area contributed by atoms with Crippen molar-refractivity contribution in [1.29, 1.82) is 0 Å². The Balaban J connectivity index is 0.000000593. The van der Waals surface area contributed by atoms with Crippen LogP contribution in [0.25, 0.3) is 11.1 Å². The number of rotatable bonds is 3. The number of benzene rings is 2. The van der Waals surface area contributed by atoms with E-state index < -0.39 is 27.8 Å². The fraction of sp³-hybridized carbons (Fsp3) is 0.400. The molecule has 0 amide bonds. The fourth-order valence-electron chi connectivity index (χ4n) is 2.16. The van der Waals surface area contributed by atoms with Gasteiger partial charge in [-0.2, -0.15) is 0 Å². The first-order valence-electron chi connectivity index (χ1n) is 8.39. The van der Waals surface area contributed by atoms with E-state index in [1.165, 1.54) is 21.5 Å². The molecule has 124 valence electrons. The van der Waals surface area contributed by atoms with E-state index in [2.05, 4.69) is 96.1 Å². The third-order valence-corrected chi connectivity index (χ3v) is 7.10. The molecular weight excluding hydrogens is 415 g/mol. The summed E-state index contributed by atoms with van der Waals surface area (Å²) in [5, 5.41) is 3.04.